The summed E-state index contributed by atoms with van der Waals surface area (Å²) < 4.78 is 18.8. The Bertz CT molecular complexity index is 1440. The van der Waals surface area contributed by atoms with Crippen LogP contribution in [0.4, 0.5) is 4.79 Å². The number of aryl methyl sites for hydroxylation is 1. The number of hydrogen-bond donors (Lipinski definition) is 1. The van der Waals surface area contributed by atoms with Crippen LogP contribution in [0, 0.1) is 4.64 Å². The van der Waals surface area contributed by atoms with E-state index in [4.69, 9.17) is 26.4 Å². The molecule has 0 aliphatic rings. The summed E-state index contributed by atoms with van der Waals surface area (Å²) in [6, 6.07) is 25.3. The predicted octanol–water partition coefficient (Wildman–Crippen LogP) is 5.50. The maximum atomic E-state index is 13.2. The number of alkyl carbamates (subject to hydrolysis) is 1. The fourth-order valence-electron chi connectivity index (χ4n) is 3.95. The molecule has 1 atom stereocenters. The van der Waals surface area contributed by atoms with Gasteiger partial charge in [-0.25, -0.2) is 9.59 Å². The molecule has 0 saturated carbocycles. The topological polar surface area (TPSA) is 78.8 Å². The van der Waals surface area contributed by atoms with Gasteiger partial charge in [0.1, 0.15) is 29.6 Å². The Labute approximate surface area is 220 Å². The molecule has 0 spiro atoms. The number of nitrogens with zero attached hydrogens (tertiary/aromatic N) is 1. The number of esters is 1. The minimum atomic E-state index is -0.931. The Morgan fingerprint density at radius 1 is 0.892 bits per heavy atom. The summed E-state index contributed by atoms with van der Waals surface area (Å²) in [5.41, 5.74) is 3.35. The molecule has 0 aliphatic heterocycles. The van der Waals surface area contributed by atoms with Crippen LogP contribution >= 0.6 is 12.2 Å². The van der Waals surface area contributed by atoms with Gasteiger partial charge in [-0.1, -0.05) is 72.9 Å². The molecule has 1 N–H and O–H groups in total. The van der Waals surface area contributed by atoms with Crippen molar-refractivity contribution in [2.75, 3.05) is 7.11 Å². The zero-order valence-corrected chi connectivity index (χ0v) is 21.5. The fraction of sp³-hybridized carbons (Fsp3) is 0.207. The van der Waals surface area contributed by atoms with Crippen LogP contribution in [-0.4, -0.2) is 29.8 Å². The minimum absolute atomic E-state index is 0.00181. The third kappa shape index (κ3) is 6.74. The molecule has 37 heavy (non-hydrogen) atoms. The lowest BCUT2D eigenvalue weighted by Crippen LogP contribution is -2.43. The standard InChI is InChI=1S/C29H28N2O5S/c1-31-26-17-23(34-2)13-14-24(26)22(16-27(31)37)19-35-28(32)25(15-20-9-5-3-6-10-20)30-29(33)36-18-21-11-7-4-8-12-21/h3-14,16-17,25H,15,18-19H2,1-2H3,(H,30,33)/t25-/m0/s1. The van der Waals surface area contributed by atoms with E-state index >= 15 is 0 Å². The van der Waals surface area contributed by atoms with Gasteiger partial charge in [0, 0.05) is 30.5 Å². The lowest BCUT2D eigenvalue weighted by Gasteiger charge is -2.19. The van der Waals surface area contributed by atoms with Crippen molar-refractivity contribution in [1.82, 2.24) is 9.88 Å². The molecule has 0 fully saturated rings. The van der Waals surface area contributed by atoms with E-state index in [2.05, 4.69) is 5.32 Å². The van der Waals surface area contributed by atoms with Crippen LogP contribution in [0.2, 0.25) is 0 Å². The highest BCUT2D eigenvalue weighted by atomic mass is 32.1. The van der Waals surface area contributed by atoms with E-state index in [1.807, 2.05) is 96.5 Å². The summed E-state index contributed by atoms with van der Waals surface area (Å²) in [4.78, 5) is 25.7. The number of rotatable bonds is 9. The molecule has 0 bridgehead atoms. The highest BCUT2D eigenvalue weighted by Crippen LogP contribution is 2.25. The first kappa shape index (κ1) is 25.9. The van der Waals surface area contributed by atoms with Gasteiger partial charge < -0.3 is 24.1 Å². The van der Waals surface area contributed by atoms with Crippen molar-refractivity contribution in [3.8, 4) is 5.75 Å². The number of hydrogen-bond acceptors (Lipinski definition) is 6. The van der Waals surface area contributed by atoms with Gasteiger partial charge in [-0.3, -0.25) is 0 Å². The number of nitrogens with one attached hydrogen (secondary N) is 1. The molecule has 4 aromatic rings. The van der Waals surface area contributed by atoms with Crippen molar-refractivity contribution in [3.05, 3.63) is 106 Å². The Morgan fingerprint density at radius 3 is 2.24 bits per heavy atom. The molecule has 1 aromatic heterocycles. The molecule has 0 saturated heterocycles. The summed E-state index contributed by atoms with van der Waals surface area (Å²) in [7, 11) is 3.48. The number of pyridine rings is 1. The SMILES string of the molecule is COc1ccc2c(COC(=O)[C@H](Cc3ccccc3)NC(=O)OCc3ccccc3)cc(=S)n(C)c2c1. The number of methoxy groups -OCH3 is 1. The van der Waals surface area contributed by atoms with Gasteiger partial charge in [0.05, 0.1) is 12.6 Å². The second-order valence-electron chi connectivity index (χ2n) is 8.51. The van der Waals surface area contributed by atoms with Gasteiger partial charge in [0.2, 0.25) is 0 Å². The molecule has 1 heterocycles. The molecular weight excluding hydrogens is 488 g/mol. The first-order valence-electron chi connectivity index (χ1n) is 11.8. The Morgan fingerprint density at radius 2 is 1.57 bits per heavy atom. The molecule has 1 amide bonds. The highest BCUT2D eigenvalue weighted by Gasteiger charge is 2.24. The fourth-order valence-corrected chi connectivity index (χ4v) is 4.19. The number of carbonyl (C=O) groups is 2. The largest absolute Gasteiger partial charge is 0.497 e. The molecule has 4 rings (SSSR count). The van der Waals surface area contributed by atoms with Crippen molar-refractivity contribution in [1.29, 1.82) is 0 Å². The first-order valence-corrected chi connectivity index (χ1v) is 12.2. The van der Waals surface area contributed by atoms with Gasteiger partial charge in [0.25, 0.3) is 0 Å². The van der Waals surface area contributed by atoms with E-state index in [1.165, 1.54) is 0 Å². The van der Waals surface area contributed by atoms with E-state index in [9.17, 15) is 9.59 Å². The molecule has 7 nitrogen and oxygen atoms in total. The average molecular weight is 517 g/mol. The monoisotopic (exact) mass is 516 g/mol. The third-order valence-electron chi connectivity index (χ3n) is 5.98. The van der Waals surface area contributed by atoms with Crippen LogP contribution in [0.15, 0.2) is 84.9 Å². The number of fused-ring (bicyclic) bond motifs is 1. The van der Waals surface area contributed by atoms with E-state index in [-0.39, 0.29) is 19.6 Å². The van der Waals surface area contributed by atoms with Gasteiger partial charge in [0.15, 0.2) is 0 Å². The molecule has 0 radical (unpaired) electrons. The zero-order chi connectivity index (χ0) is 26.2. The smallest absolute Gasteiger partial charge is 0.408 e. The number of aromatic nitrogens is 1. The average Bonchev–Trinajstić information content (AvgIpc) is 2.93. The van der Waals surface area contributed by atoms with Crippen LogP contribution in [0.3, 0.4) is 0 Å². The summed E-state index contributed by atoms with van der Waals surface area (Å²) >= 11 is 5.50. The van der Waals surface area contributed by atoms with Crippen LogP contribution < -0.4 is 10.1 Å². The summed E-state index contributed by atoms with van der Waals surface area (Å²) in [6.07, 6.45) is -0.437. The van der Waals surface area contributed by atoms with E-state index in [0.29, 0.717) is 10.4 Å². The molecule has 0 unspecified atom stereocenters. The van der Waals surface area contributed by atoms with Crippen LogP contribution in [0.5, 0.6) is 5.75 Å². The maximum absolute atomic E-state index is 13.2. The number of amides is 1. The van der Waals surface area contributed by atoms with Crippen molar-refractivity contribution < 1.29 is 23.8 Å². The molecule has 190 valence electrons. The van der Waals surface area contributed by atoms with E-state index < -0.39 is 18.1 Å². The Kier molecular flexibility index (Phi) is 8.53. The third-order valence-corrected chi connectivity index (χ3v) is 6.37. The maximum Gasteiger partial charge on any atom is 0.408 e. The Balaban J connectivity index is 1.49. The number of benzene rings is 3. The van der Waals surface area contributed by atoms with Crippen molar-refractivity contribution in [2.24, 2.45) is 7.05 Å². The molecular formula is C29H28N2O5S. The van der Waals surface area contributed by atoms with E-state index in [0.717, 1.165) is 27.6 Å². The van der Waals surface area contributed by atoms with Gasteiger partial charge in [-0.15, -0.1) is 0 Å². The second-order valence-corrected chi connectivity index (χ2v) is 8.92. The van der Waals surface area contributed by atoms with Crippen LogP contribution in [-0.2, 0) is 41.0 Å². The normalized spacial score (nSPS) is 11.5. The summed E-state index contributed by atoms with van der Waals surface area (Å²) in [5, 5.41) is 3.56. The van der Waals surface area contributed by atoms with Gasteiger partial charge in [-0.05, 0) is 29.3 Å². The molecule has 8 heteroatoms. The van der Waals surface area contributed by atoms with Crippen molar-refractivity contribution in [2.45, 2.75) is 25.7 Å². The summed E-state index contributed by atoms with van der Waals surface area (Å²) in [5.74, 6) is 0.133. The molecule has 0 aliphatic carbocycles. The minimum Gasteiger partial charge on any atom is -0.497 e. The number of ether oxygens (including phenoxy) is 3. The quantitative estimate of drug-likeness (QED) is 0.234. The van der Waals surface area contributed by atoms with E-state index in [1.54, 1.807) is 7.11 Å². The Hall–Kier alpha value is -4.17. The molecule has 3 aromatic carbocycles. The van der Waals surface area contributed by atoms with Crippen LogP contribution in [0.1, 0.15) is 16.7 Å². The predicted molar refractivity (Wildman–Crippen MR) is 144 cm³/mol. The summed E-state index contributed by atoms with van der Waals surface area (Å²) in [6.45, 7) is 0.0933. The zero-order valence-electron chi connectivity index (χ0n) is 20.7. The lowest BCUT2D eigenvalue weighted by atomic mass is 10.1. The first-order chi connectivity index (χ1) is 17.9. The van der Waals surface area contributed by atoms with Crippen molar-refractivity contribution in [3.63, 3.8) is 0 Å². The van der Waals surface area contributed by atoms with Gasteiger partial charge in [-0.2, -0.15) is 0 Å². The van der Waals surface area contributed by atoms with Crippen LogP contribution in [0.25, 0.3) is 10.9 Å². The van der Waals surface area contributed by atoms with Gasteiger partial charge >= 0.3 is 12.1 Å². The lowest BCUT2D eigenvalue weighted by molar-refractivity contribution is -0.147. The van der Waals surface area contributed by atoms with Crippen molar-refractivity contribution >= 4 is 35.2 Å². The highest BCUT2D eigenvalue weighted by molar-refractivity contribution is 7.71. The second kappa shape index (κ2) is 12.2. The number of carbonyl (C=O) groups excluding carboxylic acids is 2.